The average Bonchev–Trinajstić information content (AvgIpc) is 2.99. The van der Waals surface area contributed by atoms with E-state index in [1.54, 1.807) is 11.3 Å². The fourth-order valence-electron chi connectivity index (χ4n) is 2.82. The van der Waals surface area contributed by atoms with Crippen LogP contribution in [0.2, 0.25) is 5.28 Å². The van der Waals surface area contributed by atoms with Crippen molar-refractivity contribution in [1.82, 2.24) is 9.97 Å². The summed E-state index contributed by atoms with van der Waals surface area (Å²) in [5.74, 6) is 0.574. The van der Waals surface area contributed by atoms with Gasteiger partial charge in [-0.25, -0.2) is 9.97 Å². The zero-order chi connectivity index (χ0) is 15.9. The molecule has 1 aliphatic heterocycles. The van der Waals surface area contributed by atoms with Gasteiger partial charge in [0, 0.05) is 23.8 Å². The van der Waals surface area contributed by atoms with Crippen LogP contribution >= 0.6 is 22.9 Å². The smallest absolute Gasteiger partial charge is 0.223 e. The largest absolute Gasteiger partial charge is 0.468 e. The van der Waals surface area contributed by atoms with Crippen molar-refractivity contribution >= 4 is 22.9 Å². The van der Waals surface area contributed by atoms with Crippen molar-refractivity contribution < 1.29 is 4.74 Å². The van der Waals surface area contributed by atoms with E-state index < -0.39 is 5.72 Å². The Morgan fingerprint density at radius 3 is 2.91 bits per heavy atom. The Morgan fingerprint density at radius 2 is 2.27 bits per heavy atom. The third-order valence-electron chi connectivity index (χ3n) is 3.93. The van der Waals surface area contributed by atoms with Gasteiger partial charge in [0.1, 0.15) is 0 Å². The molecule has 0 fully saturated rings. The van der Waals surface area contributed by atoms with Crippen LogP contribution in [0.1, 0.15) is 42.5 Å². The SMILES string of the molecule is CC1c2nc(Cl)nc(Cc3cccs3)c2OC1(N)C[C@H](C)N. The molecule has 0 radical (unpaired) electrons. The van der Waals surface area contributed by atoms with Crippen LogP contribution in [0, 0.1) is 0 Å². The van der Waals surface area contributed by atoms with E-state index in [-0.39, 0.29) is 17.2 Å². The number of hydrogen-bond donors (Lipinski definition) is 2. The van der Waals surface area contributed by atoms with Crippen molar-refractivity contribution in [2.24, 2.45) is 11.5 Å². The number of nitrogens with zero attached hydrogens (tertiary/aromatic N) is 2. The van der Waals surface area contributed by atoms with E-state index in [0.29, 0.717) is 18.6 Å². The number of aromatic nitrogens is 2. The van der Waals surface area contributed by atoms with E-state index in [4.69, 9.17) is 27.8 Å². The Kier molecular flexibility index (Phi) is 4.11. The van der Waals surface area contributed by atoms with Gasteiger partial charge in [0.25, 0.3) is 0 Å². The van der Waals surface area contributed by atoms with E-state index in [9.17, 15) is 0 Å². The average molecular weight is 339 g/mol. The molecule has 2 unspecified atom stereocenters. The first-order valence-electron chi connectivity index (χ1n) is 7.21. The lowest BCUT2D eigenvalue weighted by Crippen LogP contribution is -2.50. The third-order valence-corrected chi connectivity index (χ3v) is 4.98. The van der Waals surface area contributed by atoms with Crippen LogP contribution in [0.15, 0.2) is 17.5 Å². The summed E-state index contributed by atoms with van der Waals surface area (Å²) >= 11 is 7.76. The van der Waals surface area contributed by atoms with Crippen molar-refractivity contribution in [2.45, 2.75) is 44.4 Å². The van der Waals surface area contributed by atoms with Crippen molar-refractivity contribution in [3.8, 4) is 5.75 Å². The maximum Gasteiger partial charge on any atom is 0.223 e. The van der Waals surface area contributed by atoms with Crippen molar-refractivity contribution in [3.63, 3.8) is 0 Å². The molecule has 0 spiro atoms. The van der Waals surface area contributed by atoms with E-state index in [1.807, 2.05) is 25.3 Å². The summed E-state index contributed by atoms with van der Waals surface area (Å²) in [6, 6.07) is 4.00. The highest BCUT2D eigenvalue weighted by atomic mass is 35.5. The molecule has 118 valence electrons. The second-order valence-electron chi connectivity index (χ2n) is 5.87. The number of halogens is 1. The highest BCUT2D eigenvalue weighted by molar-refractivity contribution is 7.09. The predicted octanol–water partition coefficient (Wildman–Crippen LogP) is 2.67. The van der Waals surface area contributed by atoms with Crippen LogP contribution in [0.3, 0.4) is 0 Å². The standard InChI is InChI=1S/C15H19ClN4OS/c1-8(17)7-15(18)9(2)12-13(21-15)11(19-14(16)20-12)6-10-4-3-5-22-10/h3-5,8-9H,6-7,17-18H2,1-2H3/t8-,9?,15?/m0/s1. The van der Waals surface area contributed by atoms with Crippen LogP contribution in [-0.2, 0) is 6.42 Å². The predicted molar refractivity (Wildman–Crippen MR) is 88.4 cm³/mol. The summed E-state index contributed by atoms with van der Waals surface area (Å²) in [5.41, 5.74) is 13.0. The fourth-order valence-corrected chi connectivity index (χ4v) is 3.72. The minimum absolute atomic E-state index is 0.0639. The molecule has 0 amide bonds. The molecular weight excluding hydrogens is 320 g/mol. The molecular formula is C15H19ClN4OS. The minimum Gasteiger partial charge on any atom is -0.468 e. The lowest BCUT2D eigenvalue weighted by atomic mass is 9.91. The number of thiophene rings is 1. The molecule has 2 aromatic heterocycles. The van der Waals surface area contributed by atoms with Gasteiger partial charge in [-0.05, 0) is 30.0 Å². The number of fused-ring (bicyclic) bond motifs is 1. The molecule has 7 heteroatoms. The number of nitrogens with two attached hydrogens (primary N) is 2. The molecule has 0 saturated heterocycles. The summed E-state index contributed by atoms with van der Waals surface area (Å²) in [6.07, 6.45) is 1.20. The summed E-state index contributed by atoms with van der Waals surface area (Å²) in [6.45, 7) is 3.91. The maximum absolute atomic E-state index is 6.44. The van der Waals surface area contributed by atoms with E-state index in [1.165, 1.54) is 4.88 Å². The third kappa shape index (κ3) is 2.84. The fraction of sp³-hybridized carbons (Fsp3) is 0.467. The topological polar surface area (TPSA) is 87.0 Å². The molecule has 0 aromatic carbocycles. The van der Waals surface area contributed by atoms with Gasteiger partial charge >= 0.3 is 0 Å². The second-order valence-corrected chi connectivity index (χ2v) is 7.24. The number of ether oxygens (including phenoxy) is 1. The molecule has 3 rings (SSSR count). The van der Waals surface area contributed by atoms with Crippen LogP contribution in [0.5, 0.6) is 5.75 Å². The molecule has 1 aliphatic rings. The zero-order valence-electron chi connectivity index (χ0n) is 12.5. The van der Waals surface area contributed by atoms with Gasteiger partial charge < -0.3 is 10.5 Å². The molecule has 3 heterocycles. The van der Waals surface area contributed by atoms with Crippen LogP contribution < -0.4 is 16.2 Å². The first kappa shape index (κ1) is 15.7. The van der Waals surface area contributed by atoms with Crippen molar-refractivity contribution in [1.29, 1.82) is 0 Å². The Morgan fingerprint density at radius 1 is 1.50 bits per heavy atom. The molecule has 2 aromatic rings. The highest BCUT2D eigenvalue weighted by Gasteiger charge is 2.46. The quantitative estimate of drug-likeness (QED) is 0.837. The molecule has 5 nitrogen and oxygen atoms in total. The van der Waals surface area contributed by atoms with E-state index in [0.717, 1.165) is 11.4 Å². The lowest BCUT2D eigenvalue weighted by molar-refractivity contribution is 0.0634. The zero-order valence-corrected chi connectivity index (χ0v) is 14.1. The normalized spacial score (nSPS) is 24.9. The van der Waals surface area contributed by atoms with E-state index in [2.05, 4.69) is 16.0 Å². The Labute approximate surface area is 138 Å². The number of rotatable bonds is 4. The van der Waals surface area contributed by atoms with Gasteiger partial charge in [0.2, 0.25) is 5.28 Å². The Hall–Kier alpha value is -1.21. The van der Waals surface area contributed by atoms with Gasteiger partial charge in [-0.3, -0.25) is 5.73 Å². The summed E-state index contributed by atoms with van der Waals surface area (Å²) in [7, 11) is 0. The first-order valence-corrected chi connectivity index (χ1v) is 8.47. The van der Waals surface area contributed by atoms with Crippen LogP contribution in [0.25, 0.3) is 0 Å². The maximum atomic E-state index is 6.44. The molecule has 22 heavy (non-hydrogen) atoms. The molecule has 0 aliphatic carbocycles. The van der Waals surface area contributed by atoms with Gasteiger partial charge in [-0.15, -0.1) is 11.3 Å². The van der Waals surface area contributed by atoms with Gasteiger partial charge in [-0.2, -0.15) is 0 Å². The minimum atomic E-state index is -0.861. The lowest BCUT2D eigenvalue weighted by Gasteiger charge is -2.29. The van der Waals surface area contributed by atoms with Gasteiger partial charge in [0.15, 0.2) is 11.5 Å². The molecule has 0 bridgehead atoms. The highest BCUT2D eigenvalue weighted by Crippen LogP contribution is 2.45. The molecule has 3 atom stereocenters. The van der Waals surface area contributed by atoms with Gasteiger partial charge in [0.05, 0.1) is 17.3 Å². The number of hydrogen-bond acceptors (Lipinski definition) is 6. The monoisotopic (exact) mass is 338 g/mol. The summed E-state index contributed by atoms with van der Waals surface area (Å²) < 4.78 is 6.07. The summed E-state index contributed by atoms with van der Waals surface area (Å²) in [5, 5.41) is 2.26. The van der Waals surface area contributed by atoms with Crippen molar-refractivity contribution in [2.75, 3.05) is 0 Å². The Balaban J connectivity index is 1.99. The summed E-state index contributed by atoms with van der Waals surface area (Å²) in [4.78, 5) is 9.88. The van der Waals surface area contributed by atoms with Crippen molar-refractivity contribution in [3.05, 3.63) is 39.1 Å². The first-order chi connectivity index (χ1) is 10.4. The van der Waals surface area contributed by atoms with Crippen LogP contribution in [-0.4, -0.2) is 21.7 Å². The second kappa shape index (κ2) is 5.77. The Bertz CT molecular complexity index is 676. The molecule has 4 N–H and O–H groups in total. The van der Waals surface area contributed by atoms with Gasteiger partial charge in [-0.1, -0.05) is 13.0 Å². The molecule has 0 saturated carbocycles. The van der Waals surface area contributed by atoms with E-state index >= 15 is 0 Å². The van der Waals surface area contributed by atoms with Crippen LogP contribution in [0.4, 0.5) is 0 Å².